The van der Waals surface area contributed by atoms with Crippen molar-refractivity contribution in [1.82, 2.24) is 14.9 Å². The number of amides is 1. The molecule has 0 aliphatic rings. The lowest BCUT2D eigenvalue weighted by molar-refractivity contribution is -0.271. The van der Waals surface area contributed by atoms with Crippen molar-refractivity contribution in [2.75, 3.05) is 0 Å². The molecule has 1 aromatic heterocycles. The van der Waals surface area contributed by atoms with E-state index in [1.54, 1.807) is 19.1 Å². The maximum absolute atomic E-state index is 13.4. The molecular formula is C17H20F3N3O2. The average Bonchev–Trinajstić information content (AvgIpc) is 2.93. The summed E-state index contributed by atoms with van der Waals surface area (Å²) in [5.74, 6) is -1.55. The van der Waals surface area contributed by atoms with Crippen LogP contribution in [0.25, 0.3) is 0 Å². The molecule has 0 saturated heterocycles. The van der Waals surface area contributed by atoms with Crippen LogP contribution in [0.4, 0.5) is 13.2 Å². The minimum absolute atomic E-state index is 0.494. The van der Waals surface area contributed by atoms with Gasteiger partial charge < -0.3 is 15.0 Å². The van der Waals surface area contributed by atoms with Gasteiger partial charge >= 0.3 is 6.18 Å². The van der Waals surface area contributed by atoms with Crippen molar-refractivity contribution in [3.63, 3.8) is 0 Å². The van der Waals surface area contributed by atoms with Crippen molar-refractivity contribution >= 4 is 5.91 Å². The smallest absolute Gasteiger partial charge is 0.374 e. The van der Waals surface area contributed by atoms with E-state index >= 15 is 0 Å². The summed E-state index contributed by atoms with van der Waals surface area (Å²) in [6.07, 6.45) is -3.80. The first-order chi connectivity index (χ1) is 11.5. The number of alkyl halides is 3. The van der Waals surface area contributed by atoms with E-state index in [0.29, 0.717) is 0 Å². The minimum Gasteiger partial charge on any atom is -0.374 e. The van der Waals surface area contributed by atoms with Crippen LogP contribution < -0.4 is 5.32 Å². The van der Waals surface area contributed by atoms with E-state index < -0.39 is 36.0 Å². The molecular weight excluding hydrogens is 335 g/mol. The first kappa shape index (κ1) is 19.0. The van der Waals surface area contributed by atoms with Crippen LogP contribution in [-0.2, 0) is 17.4 Å². The maximum atomic E-state index is 13.4. The molecule has 2 rings (SSSR count). The van der Waals surface area contributed by atoms with Gasteiger partial charge in [0.2, 0.25) is 11.5 Å². The van der Waals surface area contributed by atoms with Crippen molar-refractivity contribution in [3.05, 3.63) is 53.6 Å². The first-order valence-corrected chi connectivity index (χ1v) is 7.67. The molecule has 0 aliphatic heterocycles. The number of imidazole rings is 1. The number of halogens is 3. The molecule has 25 heavy (non-hydrogen) atoms. The second-order valence-corrected chi connectivity index (χ2v) is 6.10. The predicted molar refractivity (Wildman–Crippen MR) is 85.5 cm³/mol. The predicted octanol–water partition coefficient (Wildman–Crippen LogP) is 2.75. The lowest BCUT2D eigenvalue weighted by Crippen LogP contribution is -2.48. The van der Waals surface area contributed by atoms with Gasteiger partial charge in [-0.15, -0.1) is 0 Å². The van der Waals surface area contributed by atoms with Crippen LogP contribution in [0.3, 0.4) is 0 Å². The number of hydrogen-bond donors (Lipinski definition) is 2. The number of nitrogens with zero attached hydrogens (tertiary/aromatic N) is 2. The molecule has 5 nitrogen and oxygen atoms in total. The minimum atomic E-state index is -5.05. The van der Waals surface area contributed by atoms with Crippen LogP contribution in [0.15, 0.2) is 36.7 Å². The molecule has 136 valence electrons. The van der Waals surface area contributed by atoms with E-state index in [2.05, 4.69) is 10.3 Å². The van der Waals surface area contributed by atoms with Gasteiger partial charge in [0.25, 0.3) is 0 Å². The van der Waals surface area contributed by atoms with Gasteiger partial charge in [0.15, 0.2) is 5.82 Å². The molecule has 2 N–H and O–H groups in total. The van der Waals surface area contributed by atoms with Gasteiger partial charge in [-0.05, 0) is 19.4 Å². The average molecular weight is 355 g/mol. The van der Waals surface area contributed by atoms with Gasteiger partial charge in [0.1, 0.15) is 0 Å². The Hall–Kier alpha value is -2.35. The van der Waals surface area contributed by atoms with Crippen molar-refractivity contribution in [2.24, 2.45) is 7.05 Å². The fourth-order valence-electron chi connectivity index (χ4n) is 2.53. The number of benzene rings is 1. The number of rotatable bonds is 5. The fourth-order valence-corrected chi connectivity index (χ4v) is 2.53. The molecule has 2 aromatic rings. The normalized spacial score (nSPS) is 15.5. The lowest BCUT2D eigenvalue weighted by Gasteiger charge is -2.29. The molecule has 0 spiro atoms. The van der Waals surface area contributed by atoms with Crippen LogP contribution in [0, 0.1) is 6.92 Å². The van der Waals surface area contributed by atoms with Gasteiger partial charge in [-0.1, -0.05) is 29.8 Å². The molecule has 2 atom stereocenters. The summed E-state index contributed by atoms with van der Waals surface area (Å²) in [4.78, 5) is 15.7. The summed E-state index contributed by atoms with van der Waals surface area (Å²) in [6, 6.07) is 6.77. The van der Waals surface area contributed by atoms with E-state index in [1.165, 1.54) is 13.2 Å². The van der Waals surface area contributed by atoms with Crippen LogP contribution in [0.1, 0.15) is 36.3 Å². The number of hydrogen-bond acceptors (Lipinski definition) is 3. The van der Waals surface area contributed by atoms with Crippen molar-refractivity contribution in [1.29, 1.82) is 0 Å². The molecule has 1 aromatic carbocycles. The van der Waals surface area contributed by atoms with Crippen LogP contribution in [0.2, 0.25) is 0 Å². The Balaban J connectivity index is 2.18. The number of carbonyl (C=O) groups is 1. The summed E-state index contributed by atoms with van der Waals surface area (Å²) in [6.45, 7) is 3.57. The van der Waals surface area contributed by atoms with Crippen LogP contribution >= 0.6 is 0 Å². The SMILES string of the molecule is Cc1ccc(C(C)NC(=O)CC(O)(c2nccn2C)C(F)(F)F)cc1. The number of aromatic nitrogens is 2. The van der Waals surface area contributed by atoms with Gasteiger partial charge in [0.05, 0.1) is 12.5 Å². The third-order valence-corrected chi connectivity index (χ3v) is 4.03. The summed E-state index contributed by atoms with van der Waals surface area (Å²) < 4.78 is 41.3. The monoisotopic (exact) mass is 355 g/mol. The second-order valence-electron chi connectivity index (χ2n) is 6.10. The maximum Gasteiger partial charge on any atom is 0.425 e. The Morgan fingerprint density at radius 3 is 2.40 bits per heavy atom. The Kier molecular flexibility index (Phi) is 5.22. The van der Waals surface area contributed by atoms with E-state index in [-0.39, 0.29) is 0 Å². The van der Waals surface area contributed by atoms with Crippen molar-refractivity contribution in [3.8, 4) is 0 Å². The topological polar surface area (TPSA) is 67.2 Å². The van der Waals surface area contributed by atoms with Gasteiger partial charge in [-0.25, -0.2) is 4.98 Å². The molecule has 1 amide bonds. The Morgan fingerprint density at radius 1 is 1.32 bits per heavy atom. The first-order valence-electron chi connectivity index (χ1n) is 7.67. The molecule has 1 heterocycles. The molecule has 2 unspecified atom stereocenters. The number of aliphatic hydroxyl groups is 1. The van der Waals surface area contributed by atoms with Crippen molar-refractivity contribution in [2.45, 2.75) is 38.1 Å². The number of aryl methyl sites for hydroxylation is 2. The molecule has 0 fully saturated rings. The number of nitrogens with one attached hydrogen (secondary N) is 1. The highest BCUT2D eigenvalue weighted by atomic mass is 19.4. The van der Waals surface area contributed by atoms with E-state index in [1.807, 2.05) is 19.1 Å². The third kappa shape index (κ3) is 4.01. The highest BCUT2D eigenvalue weighted by Gasteiger charge is 2.58. The standard InChI is InChI=1S/C17H20F3N3O2/c1-11-4-6-13(7-5-11)12(2)22-14(24)10-16(25,17(18,19)20)15-21-8-9-23(15)3/h4-9,12,25H,10H2,1-3H3,(H,22,24). The molecule has 0 radical (unpaired) electrons. The largest absolute Gasteiger partial charge is 0.425 e. The quantitative estimate of drug-likeness (QED) is 0.867. The highest BCUT2D eigenvalue weighted by molar-refractivity contribution is 5.77. The number of carbonyl (C=O) groups excluding carboxylic acids is 1. The third-order valence-electron chi connectivity index (χ3n) is 4.03. The Bertz CT molecular complexity index is 740. The van der Waals surface area contributed by atoms with Gasteiger partial charge in [-0.2, -0.15) is 13.2 Å². The zero-order valence-electron chi connectivity index (χ0n) is 14.1. The molecule has 0 saturated carbocycles. The molecule has 0 aliphatic carbocycles. The Labute approximate surface area is 143 Å². The summed E-state index contributed by atoms with van der Waals surface area (Å²) in [5.41, 5.74) is -1.57. The van der Waals surface area contributed by atoms with E-state index in [4.69, 9.17) is 0 Å². The van der Waals surface area contributed by atoms with E-state index in [9.17, 15) is 23.1 Å². The zero-order valence-corrected chi connectivity index (χ0v) is 14.1. The van der Waals surface area contributed by atoms with Gasteiger partial charge in [-0.3, -0.25) is 4.79 Å². The molecule has 0 bridgehead atoms. The summed E-state index contributed by atoms with van der Waals surface area (Å²) in [5, 5.41) is 12.7. The van der Waals surface area contributed by atoms with Crippen molar-refractivity contribution < 1.29 is 23.1 Å². The van der Waals surface area contributed by atoms with E-state index in [0.717, 1.165) is 21.9 Å². The van der Waals surface area contributed by atoms with Gasteiger partial charge in [0, 0.05) is 19.4 Å². The van der Waals surface area contributed by atoms with Crippen LogP contribution in [-0.4, -0.2) is 26.7 Å². The summed E-state index contributed by atoms with van der Waals surface area (Å²) in [7, 11) is 1.33. The Morgan fingerprint density at radius 2 is 1.92 bits per heavy atom. The highest BCUT2D eigenvalue weighted by Crippen LogP contribution is 2.40. The van der Waals surface area contributed by atoms with Crippen LogP contribution in [0.5, 0.6) is 0 Å². The summed E-state index contributed by atoms with van der Waals surface area (Å²) >= 11 is 0. The lowest BCUT2D eigenvalue weighted by atomic mass is 9.96. The molecule has 8 heteroatoms. The second kappa shape index (κ2) is 6.87. The fraction of sp³-hybridized carbons (Fsp3) is 0.412. The zero-order chi connectivity index (χ0) is 18.8.